The lowest BCUT2D eigenvalue weighted by Crippen LogP contribution is -3.15. The van der Waals surface area contributed by atoms with E-state index in [2.05, 4.69) is 29.7 Å². The number of carbonyl (C=O) groups is 2. The molecule has 5 nitrogen and oxygen atoms in total. The van der Waals surface area contributed by atoms with Crippen LogP contribution in [0.5, 0.6) is 0 Å². The predicted octanol–water partition coefficient (Wildman–Crippen LogP) is 2.49. The molecule has 2 rings (SSSR count). The van der Waals surface area contributed by atoms with Crippen molar-refractivity contribution in [1.29, 1.82) is 0 Å². The maximum Gasteiger partial charge on any atom is 0.279 e. The monoisotopic (exact) mass is 402 g/mol. The first-order chi connectivity index (χ1) is 13.4. The Morgan fingerprint density at radius 3 is 2.36 bits per heavy atom. The van der Waals surface area contributed by atoms with Crippen molar-refractivity contribution in [3.63, 3.8) is 0 Å². The van der Waals surface area contributed by atoms with Crippen molar-refractivity contribution in [3.05, 3.63) is 65.2 Å². The molecule has 0 radical (unpaired) electrons. The molecule has 0 bridgehead atoms. The highest BCUT2D eigenvalue weighted by Gasteiger charge is 2.24. The molecule has 150 valence electrons. The quantitative estimate of drug-likeness (QED) is 0.603. The second-order valence-corrected chi connectivity index (χ2v) is 7.44. The summed E-state index contributed by atoms with van der Waals surface area (Å²) >= 11 is 6.07. The molecule has 0 aromatic heterocycles. The van der Waals surface area contributed by atoms with Gasteiger partial charge in [0, 0.05) is 12.5 Å². The summed E-state index contributed by atoms with van der Waals surface area (Å²) in [4.78, 5) is 25.6. The van der Waals surface area contributed by atoms with E-state index in [0.717, 1.165) is 11.3 Å². The molecule has 0 aliphatic carbocycles. The van der Waals surface area contributed by atoms with Crippen LogP contribution in [0.25, 0.3) is 0 Å². The third-order valence-corrected chi connectivity index (χ3v) is 5.34. The molecule has 0 saturated carbocycles. The second kappa shape index (κ2) is 10.8. The van der Waals surface area contributed by atoms with E-state index in [-0.39, 0.29) is 30.3 Å². The van der Waals surface area contributed by atoms with Crippen LogP contribution in [-0.2, 0) is 9.59 Å². The zero-order valence-electron chi connectivity index (χ0n) is 16.7. The number of benzene rings is 2. The van der Waals surface area contributed by atoms with Gasteiger partial charge in [0.2, 0.25) is 0 Å². The number of rotatable bonds is 9. The summed E-state index contributed by atoms with van der Waals surface area (Å²) in [6.07, 6.45) is 0.946. The summed E-state index contributed by atoms with van der Waals surface area (Å²) in [5.41, 5.74) is 1.80. The third-order valence-electron chi connectivity index (χ3n) is 5.01. The van der Waals surface area contributed by atoms with Gasteiger partial charge in [-0.15, -0.1) is 0 Å². The minimum absolute atomic E-state index is 0.0579. The molecule has 0 heterocycles. The van der Waals surface area contributed by atoms with E-state index < -0.39 is 0 Å². The summed E-state index contributed by atoms with van der Waals surface area (Å²) in [6.45, 7) is 4.71. The highest BCUT2D eigenvalue weighted by atomic mass is 35.5. The first-order valence-electron chi connectivity index (χ1n) is 9.61. The second-order valence-electron chi connectivity index (χ2n) is 7.03. The molecule has 0 aliphatic heterocycles. The largest absolute Gasteiger partial charge is 0.350 e. The number of para-hydroxylation sites is 1. The fourth-order valence-electron chi connectivity index (χ4n) is 2.99. The van der Waals surface area contributed by atoms with E-state index in [1.165, 1.54) is 5.56 Å². The average molecular weight is 403 g/mol. The molecule has 2 aromatic rings. The van der Waals surface area contributed by atoms with Gasteiger partial charge in [0.25, 0.3) is 11.8 Å². The minimum Gasteiger partial charge on any atom is -0.350 e. The van der Waals surface area contributed by atoms with Gasteiger partial charge in [-0.05, 0) is 31.0 Å². The van der Waals surface area contributed by atoms with Gasteiger partial charge in [-0.25, -0.2) is 0 Å². The van der Waals surface area contributed by atoms with Gasteiger partial charge in [-0.1, -0.05) is 61.0 Å². The molecule has 0 fully saturated rings. The normalized spacial score (nSPS) is 14.0. The minimum atomic E-state index is -0.342. The Kier molecular flexibility index (Phi) is 8.48. The van der Waals surface area contributed by atoms with E-state index >= 15 is 0 Å². The zero-order chi connectivity index (χ0) is 20.5. The molecule has 2 amide bonds. The Balaban J connectivity index is 1.84. The summed E-state index contributed by atoms with van der Waals surface area (Å²) in [5.74, 6) is 0.0413. The van der Waals surface area contributed by atoms with E-state index in [0.29, 0.717) is 17.3 Å². The number of hydrogen-bond donors (Lipinski definition) is 3. The summed E-state index contributed by atoms with van der Waals surface area (Å²) in [7, 11) is 1.84. The maximum atomic E-state index is 12.5. The fraction of sp³-hybridized carbons (Fsp3) is 0.364. The molecule has 6 heteroatoms. The van der Waals surface area contributed by atoms with Crippen molar-refractivity contribution in [2.45, 2.75) is 32.2 Å². The van der Waals surface area contributed by atoms with Crippen LogP contribution in [0.15, 0.2) is 54.6 Å². The van der Waals surface area contributed by atoms with Gasteiger partial charge in [-0.2, -0.15) is 0 Å². The molecule has 2 aromatic carbocycles. The van der Waals surface area contributed by atoms with Gasteiger partial charge in [0.1, 0.15) is 0 Å². The third kappa shape index (κ3) is 6.36. The number of carbonyl (C=O) groups excluding carboxylic acids is 2. The lowest BCUT2D eigenvalue weighted by molar-refractivity contribution is -0.885. The van der Waals surface area contributed by atoms with Gasteiger partial charge in [0.05, 0.1) is 17.8 Å². The predicted molar refractivity (Wildman–Crippen MR) is 114 cm³/mol. The van der Waals surface area contributed by atoms with Crippen LogP contribution < -0.4 is 15.5 Å². The summed E-state index contributed by atoms with van der Waals surface area (Å²) in [5, 5.41) is 6.32. The van der Waals surface area contributed by atoms with Crippen molar-refractivity contribution in [3.8, 4) is 0 Å². The van der Waals surface area contributed by atoms with E-state index in [1.807, 2.05) is 38.2 Å². The van der Waals surface area contributed by atoms with Crippen LogP contribution in [0.3, 0.4) is 0 Å². The SMILES string of the molecule is CC[C@H](CNC(=O)[C@@H](C)[NH+](C)CC(=O)Nc1ccccc1Cl)c1ccccc1. The molecular weight excluding hydrogens is 374 g/mol. The average Bonchev–Trinajstić information content (AvgIpc) is 2.70. The molecule has 28 heavy (non-hydrogen) atoms. The number of hydrogen-bond acceptors (Lipinski definition) is 2. The number of likely N-dealkylation sites (N-methyl/N-ethyl adjacent to an activating group) is 1. The van der Waals surface area contributed by atoms with Crippen molar-refractivity contribution >= 4 is 29.1 Å². The molecule has 3 atom stereocenters. The van der Waals surface area contributed by atoms with Crippen molar-refractivity contribution < 1.29 is 14.5 Å². The van der Waals surface area contributed by atoms with E-state index in [4.69, 9.17) is 11.6 Å². The van der Waals surface area contributed by atoms with Crippen molar-refractivity contribution in [1.82, 2.24) is 5.32 Å². The number of quaternary nitrogens is 1. The van der Waals surface area contributed by atoms with Crippen LogP contribution in [0, 0.1) is 0 Å². The molecule has 3 N–H and O–H groups in total. The Bertz CT molecular complexity index is 782. The maximum absolute atomic E-state index is 12.5. The van der Waals surface area contributed by atoms with Gasteiger partial charge in [-0.3, -0.25) is 9.59 Å². The summed E-state index contributed by atoms with van der Waals surface area (Å²) < 4.78 is 0. The highest BCUT2D eigenvalue weighted by molar-refractivity contribution is 6.33. The fourth-order valence-corrected chi connectivity index (χ4v) is 3.17. The molecular formula is C22H29ClN3O2+. The zero-order valence-corrected chi connectivity index (χ0v) is 17.4. The van der Waals surface area contributed by atoms with Gasteiger partial charge < -0.3 is 15.5 Å². The number of amides is 2. The first-order valence-corrected chi connectivity index (χ1v) is 9.99. The molecule has 0 aliphatic rings. The molecule has 1 unspecified atom stereocenters. The number of halogens is 1. The highest BCUT2D eigenvalue weighted by Crippen LogP contribution is 2.20. The Hall–Kier alpha value is -2.37. The Morgan fingerprint density at radius 1 is 1.07 bits per heavy atom. The van der Waals surface area contributed by atoms with Crippen molar-refractivity contribution in [2.24, 2.45) is 0 Å². The lowest BCUT2D eigenvalue weighted by atomic mass is 9.96. The molecule has 0 spiro atoms. The molecule has 0 saturated heterocycles. The van der Waals surface area contributed by atoms with Gasteiger partial charge in [0.15, 0.2) is 12.6 Å². The van der Waals surface area contributed by atoms with Crippen LogP contribution in [0.4, 0.5) is 5.69 Å². The van der Waals surface area contributed by atoms with E-state index in [9.17, 15) is 9.59 Å². The van der Waals surface area contributed by atoms with Crippen LogP contribution in [-0.4, -0.2) is 38.0 Å². The van der Waals surface area contributed by atoms with Crippen LogP contribution >= 0.6 is 11.6 Å². The van der Waals surface area contributed by atoms with Gasteiger partial charge >= 0.3 is 0 Å². The lowest BCUT2D eigenvalue weighted by Gasteiger charge is -2.22. The Morgan fingerprint density at radius 2 is 1.71 bits per heavy atom. The number of anilines is 1. The standard InChI is InChI=1S/C22H28ClN3O2/c1-4-17(18-10-6-5-7-11-18)14-24-22(28)16(2)26(3)15-21(27)25-20-13-9-8-12-19(20)23/h5-13,16-17H,4,14-15H2,1-3H3,(H,24,28)(H,25,27)/p+1/t16-,17-/m1/s1. The first kappa shape index (κ1) is 21.9. The van der Waals surface area contributed by atoms with Crippen molar-refractivity contribution in [2.75, 3.05) is 25.5 Å². The van der Waals surface area contributed by atoms with Crippen LogP contribution in [0.2, 0.25) is 5.02 Å². The smallest absolute Gasteiger partial charge is 0.279 e. The topological polar surface area (TPSA) is 62.6 Å². The Labute approximate surface area is 172 Å². The van der Waals surface area contributed by atoms with Crippen LogP contribution in [0.1, 0.15) is 31.7 Å². The summed E-state index contributed by atoms with van der Waals surface area (Å²) in [6, 6.07) is 16.9. The number of nitrogens with one attached hydrogen (secondary N) is 3. The van der Waals surface area contributed by atoms with E-state index in [1.54, 1.807) is 18.2 Å².